The van der Waals surface area contributed by atoms with Crippen LogP contribution in [0.1, 0.15) is 233 Å². The van der Waals surface area contributed by atoms with Gasteiger partial charge in [0.2, 0.25) is 0 Å². The average molecular weight is 1050 g/mol. The molecular weight excluding hydrogens is 969 g/mol. The molecule has 0 aromatic heterocycles. The van der Waals surface area contributed by atoms with E-state index in [9.17, 15) is 79.8 Å². The second-order valence-electron chi connectivity index (χ2n) is 19.1. The molecule has 0 fully saturated rings. The van der Waals surface area contributed by atoms with Gasteiger partial charge in [-0.3, -0.25) is 9.59 Å². The third-order valence-corrected chi connectivity index (χ3v) is 13.0. The first kappa shape index (κ1) is 67.8. The van der Waals surface area contributed by atoms with Crippen LogP contribution in [0.3, 0.4) is 0 Å². The fraction of sp³-hybridized carbons (Fsp3) is 0.960. The van der Waals surface area contributed by atoms with Gasteiger partial charge >= 0.3 is 59.3 Å². The molecule has 0 spiro atoms. The lowest BCUT2D eigenvalue weighted by atomic mass is 9.87. The number of rotatable bonds is 45. The average Bonchev–Trinajstić information content (AvgIpc) is 3.29. The molecule has 0 saturated carbocycles. The predicted octanol–water partition coefficient (Wildman–Crippen LogP) is 19.0. The van der Waals surface area contributed by atoms with E-state index in [1.807, 2.05) is 27.7 Å². The molecule has 0 aliphatic carbocycles. The number of halogens is 16. The smallest absolute Gasteiger partial charge is 0.385 e. The van der Waals surface area contributed by atoms with Gasteiger partial charge in [0.1, 0.15) is 0 Å². The Morgan fingerprint density at radius 2 is 0.457 bits per heavy atom. The molecule has 0 saturated heterocycles. The van der Waals surface area contributed by atoms with Gasteiger partial charge in [-0.1, -0.05) is 207 Å². The highest BCUT2D eigenvalue weighted by atomic mass is 19.4. The van der Waals surface area contributed by atoms with Gasteiger partial charge in [-0.05, 0) is 25.7 Å². The van der Waals surface area contributed by atoms with Gasteiger partial charge in [0.05, 0.1) is 11.8 Å². The number of alkyl halides is 16. The van der Waals surface area contributed by atoms with Crippen molar-refractivity contribution < 1.29 is 89.3 Å². The summed E-state index contributed by atoms with van der Waals surface area (Å²) < 4.78 is 245. The molecule has 0 radical (unpaired) electrons. The Balaban J connectivity index is 6.21. The Hall–Kier alpha value is -2.18. The first-order valence-electron chi connectivity index (χ1n) is 25.9. The molecular formula is C50H82F16O4. The summed E-state index contributed by atoms with van der Waals surface area (Å²) in [6.07, 6.45) is 20.5. The van der Waals surface area contributed by atoms with Crippen molar-refractivity contribution >= 4 is 11.9 Å². The first-order valence-corrected chi connectivity index (χ1v) is 25.9. The topological polar surface area (TPSA) is 52.6 Å². The summed E-state index contributed by atoms with van der Waals surface area (Å²) in [5.41, 5.74) is 0. The van der Waals surface area contributed by atoms with Crippen molar-refractivity contribution in [3.63, 3.8) is 0 Å². The highest BCUT2D eigenvalue weighted by Crippen LogP contribution is 2.64. The molecule has 0 rings (SSSR count). The number of hydrogen-bond donors (Lipinski definition) is 0. The van der Waals surface area contributed by atoms with Crippen LogP contribution in [0.25, 0.3) is 0 Å². The zero-order chi connectivity index (χ0) is 53.8. The van der Waals surface area contributed by atoms with Gasteiger partial charge in [-0.2, -0.15) is 70.2 Å². The molecule has 20 heteroatoms. The summed E-state index contributed by atoms with van der Waals surface area (Å²) in [5, 5.41) is 0. The van der Waals surface area contributed by atoms with Crippen molar-refractivity contribution in [2.24, 2.45) is 11.8 Å². The lowest BCUT2D eigenvalue weighted by Crippen LogP contribution is -2.75. The first-order chi connectivity index (χ1) is 32.6. The normalized spacial score (nSPS) is 14.5. The van der Waals surface area contributed by atoms with Crippen LogP contribution in [-0.4, -0.2) is 72.5 Å². The maximum atomic E-state index is 14.8. The second-order valence-corrected chi connectivity index (χ2v) is 19.1. The van der Waals surface area contributed by atoms with Gasteiger partial charge in [-0.15, -0.1) is 0 Å². The molecule has 0 heterocycles. The predicted molar refractivity (Wildman–Crippen MR) is 239 cm³/mol. The summed E-state index contributed by atoms with van der Waals surface area (Å²) in [6.45, 7) is 1.59. The van der Waals surface area contributed by atoms with E-state index in [1.165, 1.54) is 0 Å². The number of hydrogen-bond acceptors (Lipinski definition) is 4. The third-order valence-electron chi connectivity index (χ3n) is 13.0. The molecule has 70 heavy (non-hydrogen) atoms. The van der Waals surface area contributed by atoms with Crippen molar-refractivity contribution in [3.8, 4) is 0 Å². The Morgan fingerprint density at radius 1 is 0.286 bits per heavy atom. The van der Waals surface area contributed by atoms with E-state index in [2.05, 4.69) is 9.47 Å². The third kappa shape index (κ3) is 20.3. The number of carbonyl (C=O) groups is 2. The van der Waals surface area contributed by atoms with E-state index >= 15 is 0 Å². The zero-order valence-electron chi connectivity index (χ0n) is 41.9. The largest absolute Gasteiger partial charge is 0.459 e. The summed E-state index contributed by atoms with van der Waals surface area (Å²) in [7, 11) is 0. The maximum absolute atomic E-state index is 14.8. The standard InChI is InChI=1S/C50H82F16O4/c1-5-9-13-17-21-23-27-31-35-39(33-29-25-19-15-11-7-3)41(67)69-37-43(51,52)45(55,56)47(59,60)49(63,64)50(65,66)48(61,62)46(57,58)44(53,54)38-70-42(68)40(34-30-26-20-16-12-8-4)36-32-28-24-22-18-14-10-6-2/h39-40H,5-38H2,1-4H3. The van der Waals surface area contributed by atoms with Crippen molar-refractivity contribution in [1.82, 2.24) is 0 Å². The van der Waals surface area contributed by atoms with Crippen LogP contribution in [0.4, 0.5) is 70.2 Å². The molecule has 0 aliphatic rings. The highest BCUT2D eigenvalue weighted by molar-refractivity contribution is 5.72. The van der Waals surface area contributed by atoms with Crippen LogP contribution in [0.5, 0.6) is 0 Å². The van der Waals surface area contributed by atoms with E-state index in [1.54, 1.807) is 0 Å². The molecule has 4 nitrogen and oxygen atoms in total. The van der Waals surface area contributed by atoms with Crippen molar-refractivity contribution in [1.29, 1.82) is 0 Å². The summed E-state index contributed by atoms with van der Waals surface area (Å²) in [4.78, 5) is 25.7. The minimum Gasteiger partial charge on any atom is -0.459 e. The van der Waals surface area contributed by atoms with E-state index in [4.69, 9.17) is 0 Å². The monoisotopic (exact) mass is 1050 g/mol. The molecule has 0 aromatic carbocycles. The van der Waals surface area contributed by atoms with Gasteiger partial charge in [0, 0.05) is 0 Å². The van der Waals surface area contributed by atoms with E-state index in [0.717, 1.165) is 103 Å². The Morgan fingerprint density at radius 3 is 0.657 bits per heavy atom. The van der Waals surface area contributed by atoms with Crippen LogP contribution in [0.15, 0.2) is 0 Å². The minimum absolute atomic E-state index is 0.0582. The maximum Gasteiger partial charge on any atom is 0.385 e. The fourth-order valence-corrected chi connectivity index (χ4v) is 8.14. The lowest BCUT2D eigenvalue weighted by Gasteiger charge is -2.43. The van der Waals surface area contributed by atoms with Crippen molar-refractivity contribution in [2.45, 2.75) is 281 Å². The molecule has 0 bridgehead atoms. The number of esters is 2. The molecule has 0 N–H and O–H groups in total. The number of unbranched alkanes of at least 4 members (excludes halogenated alkanes) is 24. The Bertz CT molecular complexity index is 1290. The van der Waals surface area contributed by atoms with Crippen molar-refractivity contribution in [2.75, 3.05) is 13.2 Å². The van der Waals surface area contributed by atoms with Crippen LogP contribution in [0.2, 0.25) is 0 Å². The summed E-state index contributed by atoms with van der Waals surface area (Å²) >= 11 is 0. The molecule has 0 aromatic rings. The Labute approximate surface area is 406 Å². The second kappa shape index (κ2) is 32.9. The van der Waals surface area contributed by atoms with Crippen LogP contribution in [0, 0.1) is 11.8 Å². The summed E-state index contributed by atoms with van der Waals surface area (Å²) in [5.74, 6) is -69.2. The summed E-state index contributed by atoms with van der Waals surface area (Å²) in [6, 6.07) is 0. The van der Waals surface area contributed by atoms with Crippen LogP contribution >= 0.6 is 0 Å². The number of carbonyl (C=O) groups excluding carboxylic acids is 2. The molecule has 0 amide bonds. The van der Waals surface area contributed by atoms with Gasteiger partial charge in [-0.25, -0.2) is 0 Å². The van der Waals surface area contributed by atoms with E-state index in [-0.39, 0.29) is 25.7 Å². The van der Waals surface area contributed by atoms with E-state index in [0.29, 0.717) is 77.0 Å². The quantitative estimate of drug-likeness (QED) is 0.0346. The highest BCUT2D eigenvalue weighted by Gasteiger charge is 2.95. The van der Waals surface area contributed by atoms with Crippen LogP contribution < -0.4 is 0 Å². The van der Waals surface area contributed by atoms with E-state index < -0.39 is 84.4 Å². The minimum atomic E-state index is -8.63. The molecule has 0 aliphatic heterocycles. The SMILES string of the molecule is CCCCCCCCCCC(CCCCCCCC)C(=O)OCC(F)(F)C(F)(F)C(F)(F)C(F)(F)C(F)(F)C(F)(F)C(F)(F)C(F)(F)COC(=O)C(CCCCCCCC)CCCCCCCCCC. The molecule has 418 valence electrons. The van der Waals surface area contributed by atoms with Gasteiger partial charge < -0.3 is 9.47 Å². The molecule has 2 unspecified atom stereocenters. The zero-order valence-corrected chi connectivity index (χ0v) is 41.9. The van der Waals surface area contributed by atoms with Crippen molar-refractivity contribution in [3.05, 3.63) is 0 Å². The van der Waals surface area contributed by atoms with Crippen LogP contribution in [-0.2, 0) is 19.1 Å². The Kier molecular flexibility index (Phi) is 31.9. The fourth-order valence-electron chi connectivity index (χ4n) is 8.14. The number of ether oxygens (including phenoxy) is 2. The van der Waals surface area contributed by atoms with Gasteiger partial charge in [0.25, 0.3) is 0 Å². The van der Waals surface area contributed by atoms with Gasteiger partial charge in [0.15, 0.2) is 13.2 Å². The lowest BCUT2D eigenvalue weighted by molar-refractivity contribution is -0.454. The molecule has 2 atom stereocenters.